The van der Waals surface area contributed by atoms with Gasteiger partial charge in [-0.15, -0.1) is 11.6 Å². The number of piperidine rings is 1. The SMILES string of the molecule is O=C(CCl)N1CCC[C@@H](C(F)F)C1. The maximum Gasteiger partial charge on any atom is 0.243 e. The largest absolute Gasteiger partial charge is 0.341 e. The minimum atomic E-state index is -2.33. The molecule has 0 unspecified atom stereocenters. The Morgan fingerprint density at radius 2 is 2.31 bits per heavy atom. The van der Waals surface area contributed by atoms with E-state index in [0.717, 1.165) is 0 Å². The van der Waals surface area contributed by atoms with Crippen LogP contribution in [0.4, 0.5) is 8.78 Å². The van der Waals surface area contributed by atoms with Gasteiger partial charge < -0.3 is 4.90 Å². The molecule has 1 saturated heterocycles. The highest BCUT2D eigenvalue weighted by Gasteiger charge is 2.28. The van der Waals surface area contributed by atoms with Gasteiger partial charge in [-0.25, -0.2) is 8.78 Å². The van der Waals surface area contributed by atoms with E-state index in [1.54, 1.807) is 0 Å². The predicted molar refractivity (Wildman–Crippen MR) is 46.0 cm³/mol. The summed E-state index contributed by atoms with van der Waals surface area (Å²) in [5.41, 5.74) is 0. The van der Waals surface area contributed by atoms with Crippen molar-refractivity contribution in [3.8, 4) is 0 Å². The Kier molecular flexibility index (Phi) is 3.90. The first-order chi connectivity index (χ1) is 6.15. The number of carbonyl (C=O) groups excluding carboxylic acids is 1. The molecule has 76 valence electrons. The highest BCUT2D eigenvalue weighted by Crippen LogP contribution is 2.22. The zero-order valence-electron chi connectivity index (χ0n) is 7.18. The average Bonchev–Trinajstić information content (AvgIpc) is 2.17. The van der Waals surface area contributed by atoms with E-state index >= 15 is 0 Å². The Labute approximate surface area is 80.8 Å². The van der Waals surface area contributed by atoms with Gasteiger partial charge in [0, 0.05) is 19.0 Å². The lowest BCUT2D eigenvalue weighted by Crippen LogP contribution is -2.42. The molecular formula is C8H12ClF2NO. The Morgan fingerprint density at radius 3 is 2.85 bits per heavy atom. The Balaban J connectivity index is 2.46. The van der Waals surface area contributed by atoms with Crippen LogP contribution < -0.4 is 0 Å². The number of alkyl halides is 3. The van der Waals surface area contributed by atoms with Crippen molar-refractivity contribution in [3.05, 3.63) is 0 Å². The third-order valence-electron chi connectivity index (χ3n) is 2.28. The van der Waals surface area contributed by atoms with Crippen molar-refractivity contribution in [2.45, 2.75) is 19.3 Å². The molecule has 1 heterocycles. The highest BCUT2D eigenvalue weighted by atomic mass is 35.5. The molecule has 0 aromatic rings. The summed E-state index contributed by atoms with van der Waals surface area (Å²) in [6.45, 7) is 0.720. The molecule has 1 aliphatic heterocycles. The number of rotatable bonds is 2. The zero-order chi connectivity index (χ0) is 9.84. The van der Waals surface area contributed by atoms with Crippen molar-refractivity contribution in [2.24, 2.45) is 5.92 Å². The first-order valence-electron chi connectivity index (χ1n) is 4.27. The smallest absolute Gasteiger partial charge is 0.243 e. The molecule has 0 aliphatic carbocycles. The summed E-state index contributed by atoms with van der Waals surface area (Å²) in [6.07, 6.45) is -1.17. The molecule has 0 aromatic carbocycles. The molecule has 2 nitrogen and oxygen atoms in total. The van der Waals surface area contributed by atoms with Crippen LogP contribution in [0.15, 0.2) is 0 Å². The standard InChI is InChI=1S/C8H12ClF2NO/c9-4-7(13)12-3-1-2-6(5-12)8(10)11/h6,8H,1-5H2/t6-/m1/s1. The summed E-state index contributed by atoms with van der Waals surface area (Å²) < 4.78 is 24.6. The van der Waals surface area contributed by atoms with Crippen LogP contribution in [-0.4, -0.2) is 36.2 Å². The number of amides is 1. The van der Waals surface area contributed by atoms with E-state index in [9.17, 15) is 13.6 Å². The van der Waals surface area contributed by atoms with Crippen LogP contribution in [-0.2, 0) is 4.79 Å². The van der Waals surface area contributed by atoms with Gasteiger partial charge in [-0.3, -0.25) is 4.79 Å². The maximum absolute atomic E-state index is 12.3. The second-order valence-corrected chi connectivity index (χ2v) is 3.48. The number of hydrogen-bond donors (Lipinski definition) is 0. The summed E-state index contributed by atoms with van der Waals surface area (Å²) in [5.74, 6) is -1.02. The molecule has 1 aliphatic rings. The van der Waals surface area contributed by atoms with Gasteiger partial charge in [0.05, 0.1) is 0 Å². The van der Waals surface area contributed by atoms with Crippen molar-refractivity contribution in [2.75, 3.05) is 19.0 Å². The van der Waals surface area contributed by atoms with Crippen molar-refractivity contribution in [1.29, 1.82) is 0 Å². The molecular weight excluding hydrogens is 200 g/mol. The molecule has 13 heavy (non-hydrogen) atoms. The number of likely N-dealkylation sites (tertiary alicyclic amines) is 1. The van der Waals surface area contributed by atoms with Gasteiger partial charge in [-0.05, 0) is 12.8 Å². The van der Waals surface area contributed by atoms with Gasteiger partial charge in [-0.2, -0.15) is 0 Å². The number of halogens is 3. The fraction of sp³-hybridized carbons (Fsp3) is 0.875. The number of carbonyl (C=O) groups is 1. The van der Waals surface area contributed by atoms with Gasteiger partial charge in [0.1, 0.15) is 5.88 Å². The van der Waals surface area contributed by atoms with Crippen LogP contribution in [0.3, 0.4) is 0 Å². The van der Waals surface area contributed by atoms with E-state index in [2.05, 4.69) is 0 Å². The normalized spacial score (nSPS) is 23.7. The van der Waals surface area contributed by atoms with Crippen molar-refractivity contribution < 1.29 is 13.6 Å². The quantitative estimate of drug-likeness (QED) is 0.637. The number of nitrogens with zero attached hydrogens (tertiary/aromatic N) is 1. The van der Waals surface area contributed by atoms with Crippen LogP contribution >= 0.6 is 11.6 Å². The van der Waals surface area contributed by atoms with Gasteiger partial charge >= 0.3 is 0 Å². The summed E-state index contributed by atoms with van der Waals surface area (Å²) in [7, 11) is 0. The van der Waals surface area contributed by atoms with Crippen LogP contribution in [0.25, 0.3) is 0 Å². The Morgan fingerprint density at radius 1 is 1.62 bits per heavy atom. The van der Waals surface area contributed by atoms with Crippen molar-refractivity contribution in [1.82, 2.24) is 4.90 Å². The molecule has 1 fully saturated rings. The average molecular weight is 212 g/mol. The minimum absolute atomic E-state index is 0.115. The molecule has 0 aromatic heterocycles. The Bertz CT molecular complexity index is 189. The molecule has 1 atom stereocenters. The number of hydrogen-bond acceptors (Lipinski definition) is 1. The lowest BCUT2D eigenvalue weighted by molar-refractivity contribution is -0.131. The Hall–Kier alpha value is -0.380. The third-order valence-corrected chi connectivity index (χ3v) is 2.51. The second-order valence-electron chi connectivity index (χ2n) is 3.21. The third kappa shape index (κ3) is 2.79. The first kappa shape index (κ1) is 10.7. The van der Waals surface area contributed by atoms with Crippen LogP contribution in [0, 0.1) is 5.92 Å². The lowest BCUT2D eigenvalue weighted by Gasteiger charge is -2.31. The monoisotopic (exact) mass is 211 g/mol. The van der Waals surface area contributed by atoms with E-state index in [0.29, 0.717) is 19.4 Å². The van der Waals surface area contributed by atoms with Crippen LogP contribution in [0.5, 0.6) is 0 Å². The van der Waals surface area contributed by atoms with Crippen molar-refractivity contribution in [3.63, 3.8) is 0 Å². The summed E-state index contributed by atoms with van der Waals surface area (Å²) >= 11 is 5.33. The fourth-order valence-electron chi connectivity index (χ4n) is 1.53. The highest BCUT2D eigenvalue weighted by molar-refractivity contribution is 6.27. The van der Waals surface area contributed by atoms with Crippen LogP contribution in [0.2, 0.25) is 0 Å². The molecule has 5 heteroatoms. The molecule has 0 bridgehead atoms. The molecule has 0 saturated carbocycles. The van der Waals surface area contributed by atoms with Gasteiger partial charge in [0.2, 0.25) is 12.3 Å². The van der Waals surface area contributed by atoms with E-state index in [-0.39, 0.29) is 18.3 Å². The molecule has 1 amide bonds. The maximum atomic E-state index is 12.3. The van der Waals surface area contributed by atoms with Crippen molar-refractivity contribution >= 4 is 17.5 Å². The van der Waals surface area contributed by atoms with E-state index in [4.69, 9.17) is 11.6 Å². The molecule has 0 spiro atoms. The summed E-state index contributed by atoms with van der Waals surface area (Å²) in [6, 6.07) is 0. The van der Waals surface area contributed by atoms with E-state index in [1.165, 1.54) is 4.90 Å². The summed E-state index contributed by atoms with van der Waals surface area (Å²) in [5, 5.41) is 0. The van der Waals surface area contributed by atoms with Gasteiger partial charge in [0.25, 0.3) is 0 Å². The van der Waals surface area contributed by atoms with E-state index in [1.807, 2.05) is 0 Å². The molecule has 0 N–H and O–H groups in total. The van der Waals surface area contributed by atoms with Crippen LogP contribution in [0.1, 0.15) is 12.8 Å². The zero-order valence-corrected chi connectivity index (χ0v) is 7.94. The van der Waals surface area contributed by atoms with Gasteiger partial charge in [0.15, 0.2) is 0 Å². The molecule has 1 rings (SSSR count). The fourth-order valence-corrected chi connectivity index (χ4v) is 1.70. The topological polar surface area (TPSA) is 20.3 Å². The predicted octanol–water partition coefficient (Wildman–Crippen LogP) is 1.73. The second kappa shape index (κ2) is 4.74. The molecule has 0 radical (unpaired) electrons. The van der Waals surface area contributed by atoms with E-state index < -0.39 is 12.3 Å². The first-order valence-corrected chi connectivity index (χ1v) is 4.80. The lowest BCUT2D eigenvalue weighted by atomic mass is 9.99. The summed E-state index contributed by atoms with van der Waals surface area (Å²) in [4.78, 5) is 12.5. The van der Waals surface area contributed by atoms with Gasteiger partial charge in [-0.1, -0.05) is 0 Å². The minimum Gasteiger partial charge on any atom is -0.341 e.